The molecule has 19 heavy (non-hydrogen) atoms. The van der Waals surface area contributed by atoms with Crippen LogP contribution in [0.3, 0.4) is 0 Å². The minimum absolute atomic E-state index is 0.0613. The monoisotopic (exact) mass is 263 g/mol. The molecule has 0 saturated carbocycles. The number of nitrogens with zero attached hydrogens (tertiary/aromatic N) is 2. The van der Waals surface area contributed by atoms with Gasteiger partial charge in [-0.05, 0) is 37.1 Å². The van der Waals surface area contributed by atoms with Gasteiger partial charge in [-0.2, -0.15) is 4.98 Å². The van der Waals surface area contributed by atoms with Crippen LogP contribution in [0.2, 0.25) is 0 Å². The van der Waals surface area contributed by atoms with E-state index in [1.807, 2.05) is 0 Å². The lowest BCUT2D eigenvalue weighted by molar-refractivity contribution is 0.0307. The molecule has 0 bridgehead atoms. The maximum atomic E-state index is 12.8. The maximum Gasteiger partial charge on any atom is 0.256 e. The van der Waals surface area contributed by atoms with Crippen molar-refractivity contribution in [3.63, 3.8) is 0 Å². The van der Waals surface area contributed by atoms with E-state index in [0.717, 1.165) is 12.8 Å². The van der Waals surface area contributed by atoms with E-state index in [-0.39, 0.29) is 18.0 Å². The number of hydrogen-bond donors (Lipinski definition) is 1. The molecule has 0 radical (unpaired) electrons. The number of ether oxygens (including phenoxy) is 1. The molecular weight excluding hydrogens is 249 g/mol. The fraction of sp³-hybridized carbons (Fsp3) is 0.385. The normalized spacial score (nSPS) is 22.8. The van der Waals surface area contributed by atoms with Crippen molar-refractivity contribution in [3.8, 4) is 11.4 Å². The SMILES string of the molecule is NCC1CCC(c2nc(-c3ccc(F)cc3)no2)O1. The highest BCUT2D eigenvalue weighted by molar-refractivity contribution is 5.53. The summed E-state index contributed by atoms with van der Waals surface area (Å²) >= 11 is 0. The highest BCUT2D eigenvalue weighted by atomic mass is 19.1. The van der Waals surface area contributed by atoms with Crippen LogP contribution in [-0.4, -0.2) is 22.8 Å². The Morgan fingerprint density at radius 1 is 1.26 bits per heavy atom. The summed E-state index contributed by atoms with van der Waals surface area (Å²) in [6.07, 6.45) is 1.60. The van der Waals surface area contributed by atoms with Crippen LogP contribution in [0, 0.1) is 5.82 Å². The van der Waals surface area contributed by atoms with Crippen LogP contribution in [0.5, 0.6) is 0 Å². The van der Waals surface area contributed by atoms with Gasteiger partial charge in [0.15, 0.2) is 0 Å². The smallest absolute Gasteiger partial charge is 0.256 e. The van der Waals surface area contributed by atoms with Crippen molar-refractivity contribution < 1.29 is 13.7 Å². The van der Waals surface area contributed by atoms with Gasteiger partial charge < -0.3 is 15.0 Å². The van der Waals surface area contributed by atoms with Crippen LogP contribution in [0.25, 0.3) is 11.4 Å². The third kappa shape index (κ3) is 2.50. The van der Waals surface area contributed by atoms with E-state index in [1.54, 1.807) is 12.1 Å². The Bertz CT molecular complexity index is 555. The minimum atomic E-state index is -0.294. The van der Waals surface area contributed by atoms with Gasteiger partial charge in [0.25, 0.3) is 5.89 Å². The summed E-state index contributed by atoms with van der Waals surface area (Å²) < 4.78 is 23.7. The van der Waals surface area contributed by atoms with Gasteiger partial charge in [0.2, 0.25) is 5.82 Å². The summed E-state index contributed by atoms with van der Waals surface area (Å²) in [5.74, 6) is 0.599. The van der Waals surface area contributed by atoms with E-state index < -0.39 is 0 Å². The molecule has 2 heterocycles. The number of benzene rings is 1. The van der Waals surface area contributed by atoms with E-state index in [0.29, 0.717) is 23.8 Å². The Morgan fingerprint density at radius 3 is 2.74 bits per heavy atom. The van der Waals surface area contributed by atoms with Gasteiger partial charge in [0.1, 0.15) is 11.9 Å². The third-order valence-corrected chi connectivity index (χ3v) is 3.19. The second-order valence-electron chi connectivity index (χ2n) is 4.52. The third-order valence-electron chi connectivity index (χ3n) is 3.19. The van der Waals surface area contributed by atoms with Crippen molar-refractivity contribution in [1.82, 2.24) is 10.1 Å². The molecule has 2 atom stereocenters. The highest BCUT2D eigenvalue weighted by Crippen LogP contribution is 2.32. The Kier molecular flexibility index (Phi) is 3.27. The largest absolute Gasteiger partial charge is 0.364 e. The van der Waals surface area contributed by atoms with Crippen molar-refractivity contribution in [1.29, 1.82) is 0 Å². The van der Waals surface area contributed by atoms with Crippen LogP contribution in [0.4, 0.5) is 4.39 Å². The van der Waals surface area contributed by atoms with Gasteiger partial charge in [-0.25, -0.2) is 4.39 Å². The predicted molar refractivity (Wildman–Crippen MR) is 65.6 cm³/mol. The Balaban J connectivity index is 1.78. The Labute approximate surface area is 109 Å². The molecular formula is C13H14FN3O2. The molecule has 2 unspecified atom stereocenters. The van der Waals surface area contributed by atoms with Crippen molar-refractivity contribution in [3.05, 3.63) is 36.0 Å². The Hall–Kier alpha value is -1.79. The minimum Gasteiger partial charge on any atom is -0.364 e. The van der Waals surface area contributed by atoms with Gasteiger partial charge >= 0.3 is 0 Å². The second-order valence-corrected chi connectivity index (χ2v) is 4.52. The molecule has 1 saturated heterocycles. The molecule has 1 aliphatic rings. The lowest BCUT2D eigenvalue weighted by Crippen LogP contribution is -2.18. The first-order valence-corrected chi connectivity index (χ1v) is 6.21. The van der Waals surface area contributed by atoms with Gasteiger partial charge in [0.05, 0.1) is 6.10 Å². The number of hydrogen-bond acceptors (Lipinski definition) is 5. The van der Waals surface area contributed by atoms with Gasteiger partial charge in [-0.3, -0.25) is 0 Å². The summed E-state index contributed by atoms with van der Waals surface area (Å²) in [7, 11) is 0. The molecule has 0 spiro atoms. The number of rotatable bonds is 3. The molecule has 100 valence electrons. The quantitative estimate of drug-likeness (QED) is 0.917. The zero-order valence-corrected chi connectivity index (χ0v) is 10.3. The van der Waals surface area contributed by atoms with E-state index in [2.05, 4.69) is 10.1 Å². The molecule has 1 aromatic heterocycles. The molecule has 2 aromatic rings. The van der Waals surface area contributed by atoms with Gasteiger partial charge in [-0.1, -0.05) is 5.16 Å². The van der Waals surface area contributed by atoms with Crippen molar-refractivity contribution in [2.75, 3.05) is 6.54 Å². The number of nitrogens with two attached hydrogens (primary N) is 1. The fourth-order valence-corrected chi connectivity index (χ4v) is 2.14. The molecule has 0 amide bonds. The first-order chi connectivity index (χ1) is 9.26. The first kappa shape index (κ1) is 12.3. The number of halogens is 1. The first-order valence-electron chi connectivity index (χ1n) is 6.21. The summed E-state index contributed by atoms with van der Waals surface area (Å²) in [5, 5.41) is 3.89. The number of aromatic nitrogens is 2. The summed E-state index contributed by atoms with van der Waals surface area (Å²) in [5.41, 5.74) is 6.27. The van der Waals surface area contributed by atoms with E-state index in [4.69, 9.17) is 15.0 Å². The van der Waals surface area contributed by atoms with Crippen molar-refractivity contribution in [2.24, 2.45) is 5.73 Å². The standard InChI is InChI=1S/C13H14FN3O2/c14-9-3-1-8(2-4-9)12-16-13(19-17-12)11-6-5-10(7-15)18-11/h1-4,10-11H,5-7,15H2. The van der Waals surface area contributed by atoms with E-state index in [9.17, 15) is 4.39 Å². The molecule has 6 heteroatoms. The lowest BCUT2D eigenvalue weighted by Gasteiger charge is -2.07. The van der Waals surface area contributed by atoms with Crippen LogP contribution in [0.15, 0.2) is 28.8 Å². The van der Waals surface area contributed by atoms with Gasteiger partial charge in [-0.15, -0.1) is 0 Å². The van der Waals surface area contributed by atoms with Crippen LogP contribution < -0.4 is 5.73 Å². The van der Waals surface area contributed by atoms with Crippen LogP contribution in [-0.2, 0) is 4.74 Å². The summed E-state index contributed by atoms with van der Waals surface area (Å²) in [6, 6.07) is 5.95. The molecule has 2 N–H and O–H groups in total. The topological polar surface area (TPSA) is 74.2 Å². The fourth-order valence-electron chi connectivity index (χ4n) is 2.14. The van der Waals surface area contributed by atoms with Gasteiger partial charge in [0, 0.05) is 12.1 Å². The molecule has 5 nitrogen and oxygen atoms in total. The van der Waals surface area contributed by atoms with E-state index >= 15 is 0 Å². The second kappa shape index (κ2) is 5.07. The summed E-state index contributed by atoms with van der Waals surface area (Å²) in [6.45, 7) is 0.495. The summed E-state index contributed by atoms with van der Waals surface area (Å²) in [4.78, 5) is 4.29. The van der Waals surface area contributed by atoms with E-state index in [1.165, 1.54) is 12.1 Å². The zero-order chi connectivity index (χ0) is 13.2. The molecule has 1 aliphatic heterocycles. The lowest BCUT2D eigenvalue weighted by atomic mass is 10.2. The molecule has 1 aromatic carbocycles. The molecule has 1 fully saturated rings. The van der Waals surface area contributed by atoms with Crippen molar-refractivity contribution in [2.45, 2.75) is 25.0 Å². The average molecular weight is 263 g/mol. The Morgan fingerprint density at radius 2 is 2.05 bits per heavy atom. The zero-order valence-electron chi connectivity index (χ0n) is 10.3. The average Bonchev–Trinajstić information content (AvgIpc) is 3.08. The van der Waals surface area contributed by atoms with Crippen LogP contribution >= 0.6 is 0 Å². The molecule has 0 aliphatic carbocycles. The predicted octanol–water partition coefficient (Wildman–Crippen LogP) is 2.05. The maximum absolute atomic E-state index is 12.8. The molecule has 3 rings (SSSR count). The highest BCUT2D eigenvalue weighted by Gasteiger charge is 2.29. The van der Waals surface area contributed by atoms with Crippen LogP contribution in [0.1, 0.15) is 24.8 Å². The van der Waals surface area contributed by atoms with Crippen molar-refractivity contribution >= 4 is 0 Å².